The van der Waals surface area contributed by atoms with Crippen molar-refractivity contribution in [3.63, 3.8) is 0 Å². The molecule has 1 rings (SSSR count). The largest absolute Gasteiger partial charge is 0.462 e. The molecule has 0 aliphatic carbocycles. The van der Waals surface area contributed by atoms with E-state index in [1.54, 1.807) is 0 Å². The molecule has 0 spiro atoms. The third kappa shape index (κ3) is 27.1. The Bertz CT molecular complexity index is 1070. The molecule has 0 saturated carbocycles. The van der Waals surface area contributed by atoms with E-state index in [-0.39, 0.29) is 19.4 Å². The number of aliphatic hydroxyl groups excluding tert-OH is 3. The number of unbranched alkanes of at least 4 members (excludes halogenated alkanes) is 21. The van der Waals surface area contributed by atoms with Crippen LogP contribution in [0.25, 0.3) is 0 Å². The molecule has 1 aliphatic heterocycles. The van der Waals surface area contributed by atoms with Gasteiger partial charge in [0.15, 0.2) is 12.4 Å². The fourth-order valence-electron chi connectivity index (χ4n) is 6.49. The van der Waals surface area contributed by atoms with E-state index in [1.165, 1.54) is 103 Å². The molecule has 1 aliphatic rings. The number of ether oxygens (including phenoxy) is 4. The van der Waals surface area contributed by atoms with E-state index in [0.29, 0.717) is 12.8 Å². The number of allylic oxidation sites excluding steroid dienone is 2. The van der Waals surface area contributed by atoms with Crippen molar-refractivity contribution in [3.05, 3.63) is 12.2 Å². The van der Waals surface area contributed by atoms with E-state index in [4.69, 9.17) is 18.9 Å². The van der Waals surface area contributed by atoms with E-state index in [9.17, 15) is 37.9 Å². The summed E-state index contributed by atoms with van der Waals surface area (Å²) >= 11 is 0. The van der Waals surface area contributed by atoms with Crippen molar-refractivity contribution in [2.45, 2.75) is 218 Å². The summed E-state index contributed by atoms with van der Waals surface area (Å²) in [4.78, 5) is 25.3. The van der Waals surface area contributed by atoms with Gasteiger partial charge in [0.05, 0.1) is 6.61 Å². The molecule has 6 atom stereocenters. The molecule has 2 unspecified atom stereocenters. The lowest BCUT2D eigenvalue weighted by Gasteiger charge is -2.40. The highest BCUT2D eigenvalue weighted by Gasteiger charge is 2.46. The average molecular weight is 793 g/mol. The Labute approximate surface area is 326 Å². The molecule has 0 amide bonds. The molecule has 12 nitrogen and oxygen atoms in total. The van der Waals surface area contributed by atoms with Crippen LogP contribution in [0.4, 0.5) is 0 Å². The first-order valence-electron chi connectivity index (χ1n) is 21.2. The molecule has 0 bridgehead atoms. The number of carbonyl (C=O) groups excluding carboxylic acids is 2. The first-order valence-corrected chi connectivity index (χ1v) is 22.9. The lowest BCUT2D eigenvalue weighted by Crippen LogP contribution is -2.60. The van der Waals surface area contributed by atoms with Gasteiger partial charge in [0.1, 0.15) is 36.8 Å². The second-order valence-corrected chi connectivity index (χ2v) is 16.5. The van der Waals surface area contributed by atoms with Crippen LogP contribution in [0.5, 0.6) is 0 Å². The van der Waals surface area contributed by atoms with E-state index in [2.05, 4.69) is 26.0 Å². The van der Waals surface area contributed by atoms with Crippen LogP contribution < -0.4 is 0 Å². The van der Waals surface area contributed by atoms with Crippen molar-refractivity contribution in [2.24, 2.45) is 0 Å². The summed E-state index contributed by atoms with van der Waals surface area (Å²) in [6.45, 7) is 3.72. The maximum Gasteiger partial charge on any atom is 0.306 e. The molecule has 0 aromatic rings. The topological polar surface area (TPSA) is 186 Å². The van der Waals surface area contributed by atoms with Gasteiger partial charge in [-0.2, -0.15) is 8.42 Å². The van der Waals surface area contributed by atoms with E-state index < -0.39 is 71.2 Å². The van der Waals surface area contributed by atoms with Crippen LogP contribution in [0, 0.1) is 0 Å². The highest BCUT2D eigenvalue weighted by molar-refractivity contribution is 7.85. The Kier molecular flexibility index (Phi) is 30.3. The second-order valence-electron chi connectivity index (χ2n) is 15.0. The second kappa shape index (κ2) is 32.5. The van der Waals surface area contributed by atoms with Gasteiger partial charge in [-0.3, -0.25) is 14.1 Å². The van der Waals surface area contributed by atoms with Crippen LogP contribution in [0.1, 0.15) is 181 Å². The molecule has 0 aromatic heterocycles. The van der Waals surface area contributed by atoms with Gasteiger partial charge in [0.2, 0.25) is 0 Å². The van der Waals surface area contributed by atoms with Gasteiger partial charge in [-0.1, -0.05) is 142 Å². The van der Waals surface area contributed by atoms with Crippen molar-refractivity contribution >= 4 is 22.1 Å². The SMILES string of the molecule is CCCCCCCCCCC/C=C/CCCCC(=O)OC[C@H](CO[C@H]1O[C@H](CS(=O)(=O)O)[C@@H](O)C(O)C1O)OC(=O)CCCCCCCCCCCCC. The summed E-state index contributed by atoms with van der Waals surface area (Å²) in [5.41, 5.74) is 0. The van der Waals surface area contributed by atoms with Gasteiger partial charge in [0, 0.05) is 12.8 Å². The third-order valence-corrected chi connectivity index (χ3v) is 10.6. The molecule has 1 saturated heterocycles. The zero-order valence-electron chi connectivity index (χ0n) is 33.6. The molecule has 1 heterocycles. The van der Waals surface area contributed by atoms with Gasteiger partial charge in [-0.15, -0.1) is 0 Å². The average Bonchev–Trinajstić information content (AvgIpc) is 3.13. The fourth-order valence-corrected chi connectivity index (χ4v) is 7.19. The number of carbonyl (C=O) groups is 2. The Morgan fingerprint density at radius 3 is 1.57 bits per heavy atom. The van der Waals surface area contributed by atoms with Crippen molar-refractivity contribution in [1.29, 1.82) is 0 Å². The van der Waals surface area contributed by atoms with Gasteiger partial charge in [-0.25, -0.2) is 0 Å². The van der Waals surface area contributed by atoms with Crippen LogP contribution >= 0.6 is 0 Å². The molecule has 318 valence electrons. The summed E-state index contributed by atoms with van der Waals surface area (Å²) in [5, 5.41) is 30.8. The summed E-state index contributed by atoms with van der Waals surface area (Å²) < 4.78 is 53.9. The molecular weight excluding hydrogens is 717 g/mol. The van der Waals surface area contributed by atoms with Crippen LogP contribution in [-0.4, -0.2) is 96.0 Å². The Morgan fingerprint density at radius 2 is 1.06 bits per heavy atom. The number of rotatable bonds is 35. The minimum atomic E-state index is -4.60. The normalized spacial score (nSPS) is 21.0. The summed E-state index contributed by atoms with van der Waals surface area (Å²) in [6.07, 6.45) is 22.7. The van der Waals surface area contributed by atoms with Crippen molar-refractivity contribution in [1.82, 2.24) is 0 Å². The lowest BCUT2D eigenvalue weighted by molar-refractivity contribution is -0.297. The summed E-state index contributed by atoms with van der Waals surface area (Å²) in [6, 6.07) is 0. The van der Waals surface area contributed by atoms with Crippen molar-refractivity contribution < 1.29 is 56.8 Å². The van der Waals surface area contributed by atoms with Gasteiger partial charge < -0.3 is 34.3 Å². The Balaban J connectivity index is 2.48. The Morgan fingerprint density at radius 1 is 0.611 bits per heavy atom. The minimum absolute atomic E-state index is 0.165. The molecule has 54 heavy (non-hydrogen) atoms. The summed E-state index contributed by atoms with van der Waals surface area (Å²) in [5.74, 6) is -2.00. The Hall–Kier alpha value is -1.61. The fraction of sp³-hybridized carbons (Fsp3) is 0.902. The zero-order valence-corrected chi connectivity index (χ0v) is 34.4. The van der Waals surface area contributed by atoms with E-state index in [1.807, 2.05) is 0 Å². The summed E-state index contributed by atoms with van der Waals surface area (Å²) in [7, 11) is -4.60. The molecule has 0 radical (unpaired) electrons. The molecular formula is C41H76O12S. The molecule has 1 fully saturated rings. The van der Waals surface area contributed by atoms with Crippen LogP contribution in [-0.2, 0) is 38.7 Å². The van der Waals surface area contributed by atoms with E-state index >= 15 is 0 Å². The zero-order chi connectivity index (χ0) is 39.9. The first kappa shape index (κ1) is 50.4. The van der Waals surface area contributed by atoms with Crippen LogP contribution in [0.2, 0.25) is 0 Å². The quantitative estimate of drug-likeness (QED) is 0.0211. The molecule has 0 aromatic carbocycles. The predicted molar refractivity (Wildman–Crippen MR) is 210 cm³/mol. The predicted octanol–water partition coefficient (Wildman–Crippen LogP) is 7.89. The monoisotopic (exact) mass is 793 g/mol. The maximum atomic E-state index is 12.7. The number of hydrogen-bond donors (Lipinski definition) is 4. The number of esters is 2. The molecule has 13 heteroatoms. The van der Waals surface area contributed by atoms with Crippen molar-refractivity contribution in [3.8, 4) is 0 Å². The van der Waals surface area contributed by atoms with Crippen molar-refractivity contribution in [2.75, 3.05) is 19.0 Å². The van der Waals surface area contributed by atoms with Gasteiger partial charge >= 0.3 is 11.9 Å². The smallest absolute Gasteiger partial charge is 0.306 e. The van der Waals surface area contributed by atoms with Gasteiger partial charge in [0.25, 0.3) is 10.1 Å². The lowest BCUT2D eigenvalue weighted by atomic mass is 10.00. The highest BCUT2D eigenvalue weighted by atomic mass is 32.2. The minimum Gasteiger partial charge on any atom is -0.462 e. The van der Waals surface area contributed by atoms with Crippen LogP contribution in [0.3, 0.4) is 0 Å². The van der Waals surface area contributed by atoms with Crippen LogP contribution in [0.15, 0.2) is 12.2 Å². The van der Waals surface area contributed by atoms with E-state index in [0.717, 1.165) is 38.5 Å². The first-order chi connectivity index (χ1) is 26.0. The molecule has 4 N–H and O–H groups in total. The third-order valence-electron chi connectivity index (χ3n) is 9.85. The maximum absolute atomic E-state index is 12.7. The van der Waals surface area contributed by atoms with Gasteiger partial charge in [-0.05, 0) is 38.5 Å². The highest BCUT2D eigenvalue weighted by Crippen LogP contribution is 2.24. The number of hydrogen-bond acceptors (Lipinski definition) is 11. The standard InChI is InChI=1S/C41H76O12S/c1-3-5-7-9-11-13-15-16-17-18-20-21-23-25-27-29-36(42)50-31-34(52-37(43)30-28-26-24-22-19-14-12-10-8-6-4-2)32-51-41-40(46)39(45)38(44)35(53-41)33-54(47,48)49/h20-21,34-35,38-41,44-46H,3-19,22-33H2,1-2H3,(H,47,48,49)/b21-20+/t34-,35-,38-,39?,40?,41+/m1/s1. The number of aliphatic hydroxyl groups is 3.